The maximum absolute atomic E-state index is 12.8. The van der Waals surface area contributed by atoms with E-state index < -0.39 is 5.97 Å². The smallest absolute Gasteiger partial charge is 0.343 e. The van der Waals surface area contributed by atoms with Gasteiger partial charge in [0.25, 0.3) is 5.91 Å². The van der Waals surface area contributed by atoms with Gasteiger partial charge in [0.15, 0.2) is 18.1 Å². The lowest BCUT2D eigenvalue weighted by atomic mass is 10.0. The summed E-state index contributed by atoms with van der Waals surface area (Å²) in [6, 6.07) is 9.46. The van der Waals surface area contributed by atoms with Gasteiger partial charge in [-0.25, -0.2) is 4.79 Å². The zero-order chi connectivity index (χ0) is 19.2. The van der Waals surface area contributed by atoms with E-state index in [1.165, 1.54) is 14.2 Å². The standard InChI is InChI=1S/C20H24N2O5/c1-25-18-13-15(5-6-17(18)27-14-19(23)26-2)20(24)22-11-7-16(8-12-22)21-9-3-4-10-21/h3-6,9-10,13,16H,7-8,11-12,14H2,1-2H3. The number of carbonyl (C=O) groups is 2. The van der Waals surface area contributed by atoms with Gasteiger partial charge in [-0.3, -0.25) is 4.79 Å². The molecular formula is C20H24N2O5. The second kappa shape index (κ2) is 8.62. The lowest BCUT2D eigenvalue weighted by Gasteiger charge is -2.33. The average molecular weight is 372 g/mol. The third-order valence-electron chi connectivity index (χ3n) is 4.78. The molecule has 2 aromatic rings. The number of esters is 1. The second-order valence-electron chi connectivity index (χ2n) is 6.38. The van der Waals surface area contributed by atoms with Gasteiger partial charge in [-0.15, -0.1) is 0 Å². The van der Waals surface area contributed by atoms with Crippen LogP contribution >= 0.6 is 0 Å². The summed E-state index contributed by atoms with van der Waals surface area (Å²) in [5, 5.41) is 0. The van der Waals surface area contributed by atoms with Crippen LogP contribution in [0.1, 0.15) is 29.2 Å². The summed E-state index contributed by atoms with van der Waals surface area (Å²) < 4.78 is 17.5. The number of hydrogen-bond donors (Lipinski definition) is 0. The summed E-state index contributed by atoms with van der Waals surface area (Å²) >= 11 is 0. The molecule has 7 heteroatoms. The predicted molar refractivity (Wildman–Crippen MR) is 99.1 cm³/mol. The van der Waals surface area contributed by atoms with E-state index in [0.717, 1.165) is 12.8 Å². The number of hydrogen-bond acceptors (Lipinski definition) is 5. The summed E-state index contributed by atoms with van der Waals surface area (Å²) in [6.45, 7) is 1.21. The molecule has 1 amide bonds. The number of ether oxygens (including phenoxy) is 3. The Kier molecular flexibility index (Phi) is 6.01. The van der Waals surface area contributed by atoms with Crippen molar-refractivity contribution in [2.45, 2.75) is 18.9 Å². The van der Waals surface area contributed by atoms with E-state index in [1.54, 1.807) is 18.2 Å². The topological polar surface area (TPSA) is 70.0 Å². The Morgan fingerprint density at radius 3 is 2.41 bits per heavy atom. The summed E-state index contributed by atoms with van der Waals surface area (Å²) in [6.07, 6.45) is 6.00. The molecule has 0 bridgehead atoms. The maximum Gasteiger partial charge on any atom is 0.343 e. The SMILES string of the molecule is COC(=O)COc1ccc(C(=O)N2CCC(n3cccc3)CC2)cc1OC. The van der Waals surface area contributed by atoms with Crippen LogP contribution in [0.15, 0.2) is 42.7 Å². The molecule has 1 aliphatic heterocycles. The normalized spacial score (nSPS) is 14.7. The quantitative estimate of drug-likeness (QED) is 0.729. The average Bonchev–Trinajstić information content (AvgIpc) is 3.26. The molecule has 144 valence electrons. The molecule has 1 fully saturated rings. The van der Waals surface area contributed by atoms with Crippen LogP contribution in [0.5, 0.6) is 11.5 Å². The molecule has 0 atom stereocenters. The first kappa shape index (κ1) is 18.8. The summed E-state index contributed by atoms with van der Waals surface area (Å²) in [5.41, 5.74) is 0.539. The molecule has 7 nitrogen and oxygen atoms in total. The molecule has 3 rings (SSSR count). The van der Waals surface area contributed by atoms with Gasteiger partial charge in [-0.2, -0.15) is 0 Å². The number of rotatable bonds is 6. The number of amides is 1. The first-order chi connectivity index (χ1) is 13.1. The largest absolute Gasteiger partial charge is 0.493 e. The van der Waals surface area contributed by atoms with Crippen molar-refractivity contribution in [3.63, 3.8) is 0 Å². The van der Waals surface area contributed by atoms with Gasteiger partial charge < -0.3 is 23.7 Å². The lowest BCUT2D eigenvalue weighted by molar-refractivity contribution is -0.142. The van der Waals surface area contributed by atoms with Crippen molar-refractivity contribution < 1.29 is 23.8 Å². The Hall–Kier alpha value is -2.96. The van der Waals surface area contributed by atoms with E-state index in [-0.39, 0.29) is 12.5 Å². The van der Waals surface area contributed by atoms with E-state index in [1.807, 2.05) is 17.0 Å². The minimum atomic E-state index is -0.484. The van der Waals surface area contributed by atoms with Gasteiger partial charge >= 0.3 is 5.97 Å². The van der Waals surface area contributed by atoms with Crippen LogP contribution in [0.25, 0.3) is 0 Å². The first-order valence-corrected chi connectivity index (χ1v) is 8.91. The molecule has 0 spiro atoms. The van der Waals surface area contributed by atoms with Crippen LogP contribution in [0.4, 0.5) is 0 Å². The van der Waals surface area contributed by atoms with Crippen LogP contribution < -0.4 is 9.47 Å². The fourth-order valence-corrected chi connectivity index (χ4v) is 3.26. The van der Waals surface area contributed by atoms with E-state index >= 15 is 0 Å². The Bertz CT molecular complexity index is 780. The van der Waals surface area contributed by atoms with E-state index in [2.05, 4.69) is 21.7 Å². The van der Waals surface area contributed by atoms with E-state index in [0.29, 0.717) is 36.2 Å². The van der Waals surface area contributed by atoms with Gasteiger partial charge in [0.1, 0.15) is 0 Å². The van der Waals surface area contributed by atoms with Gasteiger partial charge in [-0.1, -0.05) is 0 Å². The maximum atomic E-state index is 12.8. The molecule has 2 heterocycles. The third-order valence-corrected chi connectivity index (χ3v) is 4.78. The van der Waals surface area contributed by atoms with Crippen molar-refractivity contribution in [3.8, 4) is 11.5 Å². The number of benzene rings is 1. The molecule has 1 saturated heterocycles. The van der Waals surface area contributed by atoms with E-state index in [4.69, 9.17) is 9.47 Å². The van der Waals surface area contributed by atoms with Crippen molar-refractivity contribution in [2.24, 2.45) is 0 Å². The zero-order valence-corrected chi connectivity index (χ0v) is 15.6. The number of piperidine rings is 1. The Labute approximate surface area is 158 Å². The van der Waals surface area contributed by atoms with Crippen molar-refractivity contribution in [1.29, 1.82) is 0 Å². The fourth-order valence-electron chi connectivity index (χ4n) is 3.26. The van der Waals surface area contributed by atoms with Gasteiger partial charge in [0.05, 0.1) is 14.2 Å². The van der Waals surface area contributed by atoms with Crippen LogP contribution in [0, 0.1) is 0 Å². The van der Waals surface area contributed by atoms with Crippen molar-refractivity contribution in [3.05, 3.63) is 48.3 Å². The number of aromatic nitrogens is 1. The highest BCUT2D eigenvalue weighted by Gasteiger charge is 2.25. The van der Waals surface area contributed by atoms with Gasteiger partial charge in [-0.05, 0) is 43.2 Å². The molecule has 0 aliphatic carbocycles. The van der Waals surface area contributed by atoms with Crippen molar-refractivity contribution in [2.75, 3.05) is 33.9 Å². The molecule has 0 radical (unpaired) electrons. The number of carbonyl (C=O) groups excluding carboxylic acids is 2. The molecule has 0 N–H and O–H groups in total. The van der Waals surface area contributed by atoms with Gasteiger partial charge in [0.2, 0.25) is 0 Å². The van der Waals surface area contributed by atoms with Crippen LogP contribution in [0.3, 0.4) is 0 Å². The second-order valence-corrected chi connectivity index (χ2v) is 6.38. The molecular weight excluding hydrogens is 348 g/mol. The number of nitrogens with zero attached hydrogens (tertiary/aromatic N) is 2. The molecule has 1 aromatic heterocycles. The summed E-state index contributed by atoms with van der Waals surface area (Å²) in [5.74, 6) is 0.291. The monoisotopic (exact) mass is 372 g/mol. The first-order valence-electron chi connectivity index (χ1n) is 8.91. The highest BCUT2D eigenvalue weighted by molar-refractivity contribution is 5.95. The third kappa shape index (κ3) is 4.42. The van der Waals surface area contributed by atoms with Crippen molar-refractivity contribution in [1.82, 2.24) is 9.47 Å². The lowest BCUT2D eigenvalue weighted by Crippen LogP contribution is -2.38. The zero-order valence-electron chi connectivity index (χ0n) is 15.6. The minimum Gasteiger partial charge on any atom is -0.493 e. The molecule has 0 saturated carbocycles. The summed E-state index contributed by atoms with van der Waals surface area (Å²) in [4.78, 5) is 25.9. The molecule has 1 aromatic carbocycles. The number of methoxy groups -OCH3 is 2. The van der Waals surface area contributed by atoms with Crippen LogP contribution in [-0.4, -0.2) is 55.3 Å². The van der Waals surface area contributed by atoms with Gasteiger partial charge in [0, 0.05) is 37.1 Å². The Morgan fingerprint density at radius 1 is 1.07 bits per heavy atom. The highest BCUT2D eigenvalue weighted by Crippen LogP contribution is 2.30. The Balaban J connectivity index is 1.63. The Morgan fingerprint density at radius 2 is 1.78 bits per heavy atom. The number of likely N-dealkylation sites (tertiary alicyclic amines) is 1. The molecule has 0 unspecified atom stereocenters. The molecule has 27 heavy (non-hydrogen) atoms. The van der Waals surface area contributed by atoms with Crippen LogP contribution in [-0.2, 0) is 9.53 Å². The predicted octanol–water partition coefficient (Wildman–Crippen LogP) is 2.53. The van der Waals surface area contributed by atoms with Crippen LogP contribution in [0.2, 0.25) is 0 Å². The minimum absolute atomic E-state index is 0.0289. The fraction of sp³-hybridized carbons (Fsp3) is 0.400. The highest BCUT2D eigenvalue weighted by atomic mass is 16.6. The summed E-state index contributed by atoms with van der Waals surface area (Å²) in [7, 11) is 2.79. The van der Waals surface area contributed by atoms with E-state index in [9.17, 15) is 9.59 Å². The molecule has 1 aliphatic rings. The van der Waals surface area contributed by atoms with Crippen molar-refractivity contribution >= 4 is 11.9 Å².